The van der Waals surface area contributed by atoms with Crippen LogP contribution < -0.4 is 14.9 Å². The smallest absolute Gasteiger partial charge is 0.463 e. The third-order valence-electron chi connectivity index (χ3n) is 10.6. The lowest BCUT2D eigenvalue weighted by Gasteiger charge is -2.32. The lowest BCUT2D eigenvalue weighted by molar-refractivity contribution is -0.262. The molecule has 16 nitrogen and oxygen atoms in total. The van der Waals surface area contributed by atoms with E-state index in [9.17, 15) is 52.7 Å². The van der Waals surface area contributed by atoms with E-state index in [-0.39, 0.29) is 49.0 Å². The Labute approximate surface area is 411 Å². The van der Waals surface area contributed by atoms with Crippen LogP contribution in [0.25, 0.3) is 22.6 Å². The molecule has 0 radical (unpaired) electrons. The van der Waals surface area contributed by atoms with Crippen LogP contribution >= 0.6 is 15.9 Å². The number of nitrogens with zero attached hydrogens (tertiary/aromatic N) is 10. The van der Waals surface area contributed by atoms with Gasteiger partial charge in [-0.05, 0) is 120 Å². The Morgan fingerprint density at radius 3 is 1.50 bits per heavy atom. The van der Waals surface area contributed by atoms with E-state index in [0.717, 1.165) is 34.3 Å². The van der Waals surface area contributed by atoms with Gasteiger partial charge in [-0.3, -0.25) is 0 Å². The fourth-order valence-electron chi connectivity index (χ4n) is 5.72. The van der Waals surface area contributed by atoms with Crippen LogP contribution in [0.3, 0.4) is 0 Å². The SMILES string of the molecule is C.C.C[C@@H](Oc1ncc(-c2ccc3nnc(C(F)(F)OC4CC4)n3n2)cc1F)C(F)(F)F.C[C@@H](Oc1ncc(B2OC(C)(C)C(C)(C)O2)cc1F)C(F)(F)F.FC(F)(OC1CC1)c1nnc2ccc(Br)nn12. The zero-order valence-corrected chi connectivity index (χ0v) is 38.8. The van der Waals surface area contributed by atoms with Crippen molar-refractivity contribution in [1.82, 2.24) is 49.6 Å². The molecule has 2 aliphatic carbocycles. The highest BCUT2D eigenvalue weighted by atomic mass is 79.9. The zero-order chi connectivity index (χ0) is 51.4. The van der Waals surface area contributed by atoms with Gasteiger partial charge in [0.05, 0.1) is 29.1 Å². The van der Waals surface area contributed by atoms with Crippen molar-refractivity contribution in [2.75, 3.05) is 0 Å². The summed E-state index contributed by atoms with van der Waals surface area (Å²) in [5, 5.41) is 22.0. The summed E-state index contributed by atoms with van der Waals surface area (Å²) in [7, 11) is -0.851. The van der Waals surface area contributed by atoms with Crippen LogP contribution in [0.1, 0.15) is 93.7 Å². The molecule has 1 saturated heterocycles. The van der Waals surface area contributed by atoms with Crippen molar-refractivity contribution < 1.29 is 80.9 Å². The van der Waals surface area contributed by atoms with E-state index in [1.807, 2.05) is 27.7 Å². The van der Waals surface area contributed by atoms with Gasteiger partial charge in [-0.25, -0.2) is 18.7 Å². The Hall–Kier alpha value is -5.46. The quantitative estimate of drug-likeness (QED) is 0.0839. The lowest BCUT2D eigenvalue weighted by atomic mass is 9.80. The molecule has 0 spiro atoms. The van der Waals surface area contributed by atoms with Crippen molar-refractivity contribution in [1.29, 1.82) is 0 Å². The molecule has 0 bridgehead atoms. The Kier molecular flexibility index (Phi) is 16.9. The van der Waals surface area contributed by atoms with Gasteiger partial charge in [0.2, 0.25) is 0 Å². The van der Waals surface area contributed by atoms with Crippen LogP contribution in [-0.4, -0.2) is 105 Å². The van der Waals surface area contributed by atoms with Gasteiger partial charge in [-0.2, -0.15) is 63.1 Å². The molecule has 0 aromatic carbocycles. The molecule has 7 heterocycles. The topological polar surface area (TPSA) is 167 Å². The zero-order valence-electron chi connectivity index (χ0n) is 37.2. The van der Waals surface area contributed by atoms with Crippen molar-refractivity contribution in [3.8, 4) is 23.0 Å². The summed E-state index contributed by atoms with van der Waals surface area (Å²) in [5.74, 6) is -5.18. The summed E-state index contributed by atoms with van der Waals surface area (Å²) >= 11 is 3.11. The third-order valence-corrected chi connectivity index (χ3v) is 11.1. The minimum atomic E-state index is -4.70. The highest BCUT2D eigenvalue weighted by molar-refractivity contribution is 9.10. The third kappa shape index (κ3) is 13.4. The predicted octanol–water partition coefficient (Wildman–Crippen LogP) is 10.1. The summed E-state index contributed by atoms with van der Waals surface area (Å²) in [5.41, 5.74) is -0.682. The molecule has 9 rings (SSSR count). The normalized spacial score (nSPS) is 17.5. The first-order valence-corrected chi connectivity index (χ1v) is 21.6. The van der Waals surface area contributed by atoms with Crippen molar-refractivity contribution >= 4 is 39.8 Å². The number of aromatic nitrogens is 10. The average molecular weight is 1110 g/mol. The number of hydrogen-bond donors (Lipinski definition) is 0. The number of alkyl halides is 10. The average Bonchev–Trinajstić information content (AvgIpc) is 4.14. The van der Waals surface area contributed by atoms with E-state index in [1.165, 1.54) is 18.3 Å². The first kappa shape index (κ1) is 57.4. The number of pyridine rings is 2. The molecule has 1 aliphatic heterocycles. The van der Waals surface area contributed by atoms with Crippen molar-refractivity contribution in [2.24, 2.45) is 0 Å². The highest BCUT2D eigenvalue weighted by Gasteiger charge is 2.52. The van der Waals surface area contributed by atoms with Crippen LogP contribution in [0.15, 0.2) is 53.4 Å². The second kappa shape index (κ2) is 21.2. The van der Waals surface area contributed by atoms with Crippen LogP contribution in [0.4, 0.5) is 52.7 Å². The standard InChI is InChI=1S/C17H13F6N5O2.C14H18BF4NO3.C9H7BrF2N4O.2CH4/c1-8(16(19,20)21)29-14-11(18)6-9(7-24-14)12-4-5-13-25-26-15(28(13)27-12)17(22,23)30-10-2-3-10;1-8(14(17,18)19)21-11-10(16)6-9(7-20-11)15-22-12(2,3)13(4,5)23-15;10-6-3-4-7-13-14-8(16(7)15-6)9(11,12)17-5-1-2-5;;/h4-8,10H,2-3H2,1H3;6-8H,1-5H3;3-5H,1-2H2;2*1H4/t2*8-;;;/m11.../s1. The molecule has 0 N–H and O–H groups in total. The van der Waals surface area contributed by atoms with Crippen molar-refractivity contribution in [2.45, 2.75) is 142 Å². The number of halogens is 13. The molecule has 0 amide bonds. The van der Waals surface area contributed by atoms with Gasteiger partial charge in [0.1, 0.15) is 4.60 Å². The molecule has 0 unspecified atom stereocenters. The van der Waals surface area contributed by atoms with Crippen molar-refractivity contribution in [3.05, 3.63) is 76.7 Å². The predicted molar refractivity (Wildman–Crippen MR) is 234 cm³/mol. The van der Waals surface area contributed by atoms with Gasteiger partial charge >= 0.3 is 31.7 Å². The van der Waals surface area contributed by atoms with E-state index < -0.39 is 96.2 Å². The Balaban J connectivity index is 0.000000205. The van der Waals surface area contributed by atoms with Gasteiger partial charge < -0.3 is 28.3 Å². The van der Waals surface area contributed by atoms with Gasteiger partial charge in [-0.1, -0.05) is 14.9 Å². The molecule has 3 aliphatic rings. The monoisotopic (exact) mass is 1100 g/mol. The van der Waals surface area contributed by atoms with E-state index in [2.05, 4.69) is 75.4 Å². The summed E-state index contributed by atoms with van der Waals surface area (Å²) in [6, 6.07) is 7.66. The largest absolute Gasteiger partial charge is 0.496 e. The van der Waals surface area contributed by atoms with E-state index in [4.69, 9.17) is 9.31 Å². The first-order chi connectivity index (χ1) is 32.4. The number of fused-ring (bicyclic) bond motifs is 2. The Morgan fingerprint density at radius 2 is 1.07 bits per heavy atom. The Morgan fingerprint density at radius 1 is 0.639 bits per heavy atom. The van der Waals surface area contributed by atoms with Gasteiger partial charge in [-0.15, -0.1) is 20.4 Å². The van der Waals surface area contributed by atoms with Crippen LogP contribution in [0, 0.1) is 11.6 Å². The number of rotatable bonds is 12. The maximum absolute atomic E-state index is 14.3. The van der Waals surface area contributed by atoms with Crippen LogP contribution in [-0.2, 0) is 31.0 Å². The minimum Gasteiger partial charge on any atom is -0.463 e. The summed E-state index contributed by atoms with van der Waals surface area (Å²) < 4.78 is 191. The molecule has 6 aromatic heterocycles. The maximum atomic E-state index is 14.3. The lowest BCUT2D eigenvalue weighted by Crippen LogP contribution is -2.41. The summed E-state index contributed by atoms with van der Waals surface area (Å²) in [6.07, 6.45) is -17.3. The number of hydrogen-bond acceptors (Lipinski definition) is 14. The van der Waals surface area contributed by atoms with Crippen molar-refractivity contribution in [3.63, 3.8) is 0 Å². The summed E-state index contributed by atoms with van der Waals surface area (Å²) in [6.45, 7) is 8.82. The molecule has 6 aromatic rings. The van der Waals surface area contributed by atoms with E-state index >= 15 is 0 Å². The first-order valence-electron chi connectivity index (χ1n) is 20.8. The summed E-state index contributed by atoms with van der Waals surface area (Å²) in [4.78, 5) is 7.16. The highest BCUT2D eigenvalue weighted by Crippen LogP contribution is 2.39. The van der Waals surface area contributed by atoms with E-state index in [0.29, 0.717) is 37.2 Å². The van der Waals surface area contributed by atoms with Gasteiger partial charge in [0.25, 0.3) is 23.4 Å². The molecule has 72 heavy (non-hydrogen) atoms. The molecule has 30 heteroatoms. The molecular weight excluding hydrogens is 1060 g/mol. The van der Waals surface area contributed by atoms with Crippen LogP contribution in [0.2, 0.25) is 0 Å². The van der Waals surface area contributed by atoms with E-state index in [1.54, 1.807) is 12.1 Å². The number of ether oxygens (including phenoxy) is 4. The molecule has 3 fully saturated rings. The molecular formula is C42H46BBrF12N10O6. The minimum absolute atomic E-state index is 0. The Bertz CT molecular complexity index is 2820. The fourth-order valence-corrected chi connectivity index (χ4v) is 6.01. The second-order valence-corrected chi connectivity index (χ2v) is 17.7. The van der Waals surface area contributed by atoms with Gasteiger partial charge in [0, 0.05) is 23.4 Å². The fraction of sp³-hybridized carbons (Fsp3) is 0.524. The molecule has 2 saturated carbocycles. The molecule has 394 valence electrons. The van der Waals surface area contributed by atoms with Gasteiger partial charge in [0.15, 0.2) is 35.1 Å². The second-order valence-electron chi connectivity index (χ2n) is 16.9. The maximum Gasteiger partial charge on any atom is 0.496 e. The molecule has 2 atom stereocenters. The van der Waals surface area contributed by atoms with Crippen LogP contribution in [0.5, 0.6) is 11.8 Å².